The monoisotopic (exact) mass is 307 g/mol. The van der Waals surface area contributed by atoms with Crippen molar-refractivity contribution in [3.05, 3.63) is 35.1 Å². The quantitative estimate of drug-likeness (QED) is 0.845. The fraction of sp³-hybridized carbons (Fsp3) is 0.562. The molecule has 0 aliphatic carbocycles. The molecule has 1 saturated heterocycles. The standard InChI is InChI=1S/C16H22FN3O2/c1-12-8-22-11-16(10-21,20(12)2)9-19-7-14-3-13(6-18)4-15(17)5-14/h3-5,12,19,21H,7-11H2,1-2H3/t12-,16+/m1/s1. The van der Waals surface area contributed by atoms with Crippen LogP contribution in [0.1, 0.15) is 18.1 Å². The molecule has 0 amide bonds. The first-order chi connectivity index (χ1) is 10.5. The van der Waals surface area contributed by atoms with Crippen LogP contribution >= 0.6 is 0 Å². The zero-order chi connectivity index (χ0) is 16.2. The first-order valence-electron chi connectivity index (χ1n) is 7.32. The van der Waals surface area contributed by atoms with Crippen LogP contribution in [0.3, 0.4) is 0 Å². The molecule has 0 spiro atoms. The highest BCUT2D eigenvalue weighted by Gasteiger charge is 2.39. The number of likely N-dealkylation sites (N-methyl/N-ethyl adjacent to an activating group) is 1. The summed E-state index contributed by atoms with van der Waals surface area (Å²) in [5.41, 5.74) is 0.528. The van der Waals surface area contributed by atoms with E-state index < -0.39 is 11.4 Å². The Bertz CT molecular complexity index is 561. The van der Waals surface area contributed by atoms with Gasteiger partial charge >= 0.3 is 0 Å². The van der Waals surface area contributed by atoms with Crippen LogP contribution in [0.4, 0.5) is 4.39 Å². The number of nitriles is 1. The van der Waals surface area contributed by atoms with Crippen molar-refractivity contribution in [2.24, 2.45) is 0 Å². The van der Waals surface area contributed by atoms with Gasteiger partial charge in [-0.05, 0) is 37.7 Å². The molecule has 2 rings (SSSR count). The largest absolute Gasteiger partial charge is 0.394 e. The van der Waals surface area contributed by atoms with Gasteiger partial charge in [0, 0.05) is 19.1 Å². The number of ether oxygens (including phenoxy) is 1. The summed E-state index contributed by atoms with van der Waals surface area (Å²) in [6, 6.07) is 6.44. The Kier molecular flexibility index (Phi) is 5.48. The molecule has 0 saturated carbocycles. The molecule has 22 heavy (non-hydrogen) atoms. The number of hydrogen-bond acceptors (Lipinski definition) is 5. The molecule has 1 aliphatic heterocycles. The van der Waals surface area contributed by atoms with E-state index in [-0.39, 0.29) is 12.6 Å². The fourth-order valence-electron chi connectivity index (χ4n) is 2.75. The molecule has 1 aromatic carbocycles. The molecule has 5 nitrogen and oxygen atoms in total. The van der Waals surface area contributed by atoms with Crippen LogP contribution < -0.4 is 5.32 Å². The van der Waals surface area contributed by atoms with Crippen molar-refractivity contribution in [2.45, 2.75) is 25.0 Å². The minimum atomic E-state index is -0.483. The maximum atomic E-state index is 13.4. The van der Waals surface area contributed by atoms with Crippen molar-refractivity contribution in [3.63, 3.8) is 0 Å². The third-order valence-corrected chi connectivity index (χ3v) is 4.30. The molecule has 2 N–H and O–H groups in total. The van der Waals surface area contributed by atoms with Gasteiger partial charge in [-0.1, -0.05) is 0 Å². The van der Waals surface area contributed by atoms with Gasteiger partial charge in [0.25, 0.3) is 0 Å². The van der Waals surface area contributed by atoms with Crippen molar-refractivity contribution < 1.29 is 14.2 Å². The van der Waals surface area contributed by atoms with Gasteiger partial charge in [0.2, 0.25) is 0 Å². The molecule has 120 valence electrons. The molecule has 1 aliphatic rings. The Hall–Kier alpha value is -1.52. The summed E-state index contributed by atoms with van der Waals surface area (Å²) in [6.45, 7) is 4.07. The van der Waals surface area contributed by atoms with Gasteiger partial charge in [-0.2, -0.15) is 5.26 Å². The maximum Gasteiger partial charge on any atom is 0.124 e. The van der Waals surface area contributed by atoms with Crippen LogP contribution in [-0.2, 0) is 11.3 Å². The summed E-state index contributed by atoms with van der Waals surface area (Å²) >= 11 is 0. The van der Waals surface area contributed by atoms with Crippen LogP contribution in [0.5, 0.6) is 0 Å². The van der Waals surface area contributed by atoms with E-state index in [0.29, 0.717) is 37.4 Å². The van der Waals surface area contributed by atoms with Gasteiger partial charge in [0.05, 0.1) is 37.0 Å². The van der Waals surface area contributed by atoms with Crippen LogP contribution in [-0.4, -0.2) is 55.0 Å². The van der Waals surface area contributed by atoms with E-state index >= 15 is 0 Å². The maximum absolute atomic E-state index is 13.4. The second-order valence-electron chi connectivity index (χ2n) is 5.92. The molecule has 1 fully saturated rings. The summed E-state index contributed by atoms with van der Waals surface area (Å²) in [7, 11) is 1.97. The third kappa shape index (κ3) is 3.62. The van der Waals surface area contributed by atoms with Gasteiger partial charge < -0.3 is 15.2 Å². The number of morpholine rings is 1. The SMILES string of the molecule is C[C@@H]1COC[C@@](CO)(CNCc2cc(F)cc(C#N)c2)N1C. The number of nitrogens with one attached hydrogen (secondary N) is 1. The van der Waals surface area contributed by atoms with Gasteiger partial charge in [0.15, 0.2) is 0 Å². The minimum absolute atomic E-state index is 0.0204. The van der Waals surface area contributed by atoms with Crippen molar-refractivity contribution in [1.82, 2.24) is 10.2 Å². The zero-order valence-electron chi connectivity index (χ0n) is 13.0. The van der Waals surface area contributed by atoms with Crippen molar-refractivity contribution in [1.29, 1.82) is 5.26 Å². The van der Waals surface area contributed by atoms with E-state index in [1.54, 1.807) is 6.07 Å². The molecule has 0 bridgehead atoms. The summed E-state index contributed by atoms with van der Waals surface area (Å²) in [6.07, 6.45) is 0. The lowest BCUT2D eigenvalue weighted by Gasteiger charge is -2.47. The number of benzene rings is 1. The molecule has 0 radical (unpaired) electrons. The molecule has 1 heterocycles. The van der Waals surface area contributed by atoms with Crippen LogP contribution in [0.25, 0.3) is 0 Å². The molecular formula is C16H22FN3O2. The van der Waals surface area contributed by atoms with Crippen molar-refractivity contribution in [3.8, 4) is 6.07 Å². The minimum Gasteiger partial charge on any atom is -0.394 e. The average molecular weight is 307 g/mol. The molecule has 2 atom stereocenters. The highest BCUT2D eigenvalue weighted by molar-refractivity contribution is 5.33. The number of aliphatic hydroxyl groups is 1. The van der Waals surface area contributed by atoms with Crippen molar-refractivity contribution >= 4 is 0 Å². The van der Waals surface area contributed by atoms with E-state index in [1.807, 2.05) is 13.1 Å². The van der Waals surface area contributed by atoms with Gasteiger partial charge in [-0.3, -0.25) is 4.90 Å². The first kappa shape index (κ1) is 16.8. The van der Waals surface area contributed by atoms with E-state index in [0.717, 1.165) is 0 Å². The Morgan fingerprint density at radius 1 is 1.55 bits per heavy atom. The smallest absolute Gasteiger partial charge is 0.124 e. The second kappa shape index (κ2) is 7.16. The first-order valence-corrected chi connectivity index (χ1v) is 7.32. The van der Waals surface area contributed by atoms with Gasteiger partial charge in [-0.15, -0.1) is 0 Å². The molecule has 0 aromatic heterocycles. The number of hydrogen-bond donors (Lipinski definition) is 2. The average Bonchev–Trinajstić information content (AvgIpc) is 2.51. The van der Waals surface area contributed by atoms with E-state index in [2.05, 4.69) is 17.1 Å². The normalized spacial score (nSPS) is 25.9. The Balaban J connectivity index is 2.00. The number of aliphatic hydroxyl groups excluding tert-OH is 1. The molecule has 6 heteroatoms. The lowest BCUT2D eigenvalue weighted by molar-refractivity contribution is -0.106. The fourth-order valence-corrected chi connectivity index (χ4v) is 2.75. The highest BCUT2D eigenvalue weighted by atomic mass is 19.1. The summed E-state index contributed by atoms with van der Waals surface area (Å²) in [4.78, 5) is 2.12. The lowest BCUT2D eigenvalue weighted by atomic mass is 9.96. The number of halogens is 1. The zero-order valence-corrected chi connectivity index (χ0v) is 13.0. The predicted octanol–water partition coefficient (Wildman–Crippen LogP) is 0.869. The highest BCUT2D eigenvalue weighted by Crippen LogP contribution is 2.21. The number of nitrogens with zero attached hydrogens (tertiary/aromatic N) is 2. The number of rotatable bonds is 5. The van der Waals surface area contributed by atoms with E-state index in [4.69, 9.17) is 10.00 Å². The van der Waals surface area contributed by atoms with Crippen LogP contribution in [0, 0.1) is 17.1 Å². The van der Waals surface area contributed by atoms with E-state index in [9.17, 15) is 9.50 Å². The van der Waals surface area contributed by atoms with Crippen molar-refractivity contribution in [2.75, 3.05) is 33.4 Å². The van der Waals surface area contributed by atoms with Gasteiger partial charge in [0.1, 0.15) is 5.82 Å². The topological polar surface area (TPSA) is 68.5 Å². The predicted molar refractivity (Wildman–Crippen MR) is 80.7 cm³/mol. The lowest BCUT2D eigenvalue weighted by Crippen LogP contribution is -2.65. The molecule has 0 unspecified atom stereocenters. The van der Waals surface area contributed by atoms with Crippen LogP contribution in [0.15, 0.2) is 18.2 Å². The summed E-state index contributed by atoms with van der Waals surface area (Å²) < 4.78 is 19.0. The van der Waals surface area contributed by atoms with E-state index in [1.165, 1.54) is 12.1 Å². The summed E-state index contributed by atoms with van der Waals surface area (Å²) in [5, 5.41) is 21.9. The summed E-state index contributed by atoms with van der Waals surface area (Å²) in [5.74, 6) is -0.417. The molecular weight excluding hydrogens is 285 g/mol. The Morgan fingerprint density at radius 2 is 2.32 bits per heavy atom. The molecule has 1 aromatic rings. The third-order valence-electron chi connectivity index (χ3n) is 4.30. The Morgan fingerprint density at radius 3 is 3.00 bits per heavy atom. The van der Waals surface area contributed by atoms with Crippen LogP contribution in [0.2, 0.25) is 0 Å². The Labute approximate surface area is 130 Å². The second-order valence-corrected chi connectivity index (χ2v) is 5.92. The van der Waals surface area contributed by atoms with Gasteiger partial charge in [-0.25, -0.2) is 4.39 Å².